The number of benzene rings is 1. The summed E-state index contributed by atoms with van der Waals surface area (Å²) in [6.07, 6.45) is 1.54. The molecule has 0 spiro atoms. The van der Waals surface area contributed by atoms with Crippen LogP contribution in [0.15, 0.2) is 47.4 Å². The number of rotatable bonds is 5. The second-order valence-electron chi connectivity index (χ2n) is 5.42. The lowest BCUT2D eigenvalue weighted by Crippen LogP contribution is -2.27. The SMILES string of the molecule is CN(C)C(=O)COc1ccc(NC(=O)c2ccn(C)c(=O)c2)cc1. The van der Waals surface area contributed by atoms with E-state index >= 15 is 0 Å². The maximum absolute atomic E-state index is 12.1. The summed E-state index contributed by atoms with van der Waals surface area (Å²) >= 11 is 0. The number of amides is 2. The summed E-state index contributed by atoms with van der Waals surface area (Å²) in [5, 5.41) is 2.70. The van der Waals surface area contributed by atoms with E-state index in [0.717, 1.165) is 0 Å². The largest absolute Gasteiger partial charge is 0.484 e. The number of pyridine rings is 1. The third kappa shape index (κ3) is 4.45. The number of aromatic nitrogens is 1. The van der Waals surface area contributed by atoms with Crippen molar-refractivity contribution < 1.29 is 14.3 Å². The van der Waals surface area contributed by atoms with Gasteiger partial charge in [0.1, 0.15) is 5.75 Å². The van der Waals surface area contributed by atoms with Gasteiger partial charge in [-0.2, -0.15) is 0 Å². The quantitative estimate of drug-likeness (QED) is 0.891. The van der Waals surface area contributed by atoms with Crippen molar-refractivity contribution in [2.24, 2.45) is 7.05 Å². The Morgan fingerprint density at radius 1 is 1.17 bits per heavy atom. The molecule has 0 radical (unpaired) electrons. The first-order valence-electron chi connectivity index (χ1n) is 7.28. The van der Waals surface area contributed by atoms with Gasteiger partial charge in [0.15, 0.2) is 6.61 Å². The Balaban J connectivity index is 1.98. The predicted octanol–water partition coefficient (Wildman–Crippen LogP) is 1.10. The van der Waals surface area contributed by atoms with E-state index < -0.39 is 0 Å². The number of carbonyl (C=O) groups excluding carboxylic acids is 2. The van der Waals surface area contributed by atoms with Gasteiger partial charge in [0.25, 0.3) is 17.4 Å². The molecular weight excluding hydrogens is 310 g/mol. The number of carbonyl (C=O) groups is 2. The molecule has 0 aliphatic rings. The Hall–Kier alpha value is -3.09. The molecule has 126 valence electrons. The van der Waals surface area contributed by atoms with Crippen LogP contribution in [0, 0.1) is 0 Å². The minimum Gasteiger partial charge on any atom is -0.484 e. The Kier molecular flexibility index (Phi) is 5.36. The molecule has 0 atom stereocenters. The number of nitrogens with zero attached hydrogens (tertiary/aromatic N) is 2. The molecule has 24 heavy (non-hydrogen) atoms. The van der Waals surface area contributed by atoms with Crippen LogP contribution in [-0.2, 0) is 11.8 Å². The lowest BCUT2D eigenvalue weighted by atomic mass is 10.2. The molecule has 7 heteroatoms. The molecule has 1 aromatic carbocycles. The second-order valence-corrected chi connectivity index (χ2v) is 5.42. The molecule has 0 aliphatic heterocycles. The highest BCUT2D eigenvalue weighted by Gasteiger charge is 2.08. The van der Waals surface area contributed by atoms with Crippen molar-refractivity contribution in [1.29, 1.82) is 0 Å². The Bertz CT molecular complexity index is 794. The molecule has 2 rings (SSSR count). The van der Waals surface area contributed by atoms with Crippen LogP contribution in [0.4, 0.5) is 5.69 Å². The zero-order valence-electron chi connectivity index (χ0n) is 13.8. The summed E-state index contributed by atoms with van der Waals surface area (Å²) in [5.41, 5.74) is 0.596. The maximum atomic E-state index is 12.1. The van der Waals surface area contributed by atoms with Gasteiger partial charge < -0.3 is 19.5 Å². The van der Waals surface area contributed by atoms with Gasteiger partial charge in [0, 0.05) is 44.7 Å². The first-order chi connectivity index (χ1) is 11.4. The molecule has 0 bridgehead atoms. The van der Waals surface area contributed by atoms with Crippen LogP contribution in [0.2, 0.25) is 0 Å². The number of hydrogen-bond acceptors (Lipinski definition) is 4. The highest BCUT2D eigenvalue weighted by atomic mass is 16.5. The van der Waals surface area contributed by atoms with Gasteiger partial charge in [0.05, 0.1) is 0 Å². The number of ether oxygens (including phenoxy) is 1. The normalized spacial score (nSPS) is 10.1. The third-order valence-electron chi connectivity index (χ3n) is 3.34. The van der Waals surface area contributed by atoms with Gasteiger partial charge >= 0.3 is 0 Å². The van der Waals surface area contributed by atoms with E-state index in [0.29, 0.717) is 11.4 Å². The van der Waals surface area contributed by atoms with E-state index in [1.54, 1.807) is 51.5 Å². The first kappa shape index (κ1) is 17.3. The van der Waals surface area contributed by atoms with Gasteiger partial charge in [-0.15, -0.1) is 0 Å². The molecule has 7 nitrogen and oxygen atoms in total. The fourth-order valence-electron chi connectivity index (χ4n) is 1.80. The van der Waals surface area contributed by atoms with Crippen LogP contribution < -0.4 is 15.6 Å². The molecule has 2 aromatic rings. The number of hydrogen-bond donors (Lipinski definition) is 1. The second kappa shape index (κ2) is 7.45. The Labute approximate surface area is 139 Å². The first-order valence-corrected chi connectivity index (χ1v) is 7.28. The zero-order chi connectivity index (χ0) is 17.7. The standard InChI is InChI=1S/C17H19N3O4/c1-19(2)16(22)11-24-14-6-4-13(5-7-14)18-17(23)12-8-9-20(3)15(21)10-12/h4-10H,11H2,1-3H3,(H,18,23). The topological polar surface area (TPSA) is 80.6 Å². The van der Waals surface area contributed by atoms with E-state index in [1.807, 2.05) is 0 Å². The van der Waals surface area contributed by atoms with Crippen molar-refractivity contribution in [2.45, 2.75) is 0 Å². The molecule has 1 aromatic heterocycles. The molecule has 0 unspecified atom stereocenters. The van der Waals surface area contributed by atoms with Crippen LogP contribution >= 0.6 is 0 Å². The molecule has 0 fully saturated rings. The fourth-order valence-corrected chi connectivity index (χ4v) is 1.80. The van der Waals surface area contributed by atoms with Crippen LogP contribution in [0.5, 0.6) is 5.75 Å². The summed E-state index contributed by atoms with van der Waals surface area (Å²) in [7, 11) is 4.92. The van der Waals surface area contributed by atoms with Crippen molar-refractivity contribution in [1.82, 2.24) is 9.47 Å². The Morgan fingerprint density at radius 2 is 1.83 bits per heavy atom. The fraction of sp³-hybridized carbons (Fsp3) is 0.235. The lowest BCUT2D eigenvalue weighted by Gasteiger charge is -2.11. The van der Waals surface area contributed by atoms with Crippen LogP contribution in [0.25, 0.3) is 0 Å². The smallest absolute Gasteiger partial charge is 0.259 e. The van der Waals surface area contributed by atoms with Crippen molar-refractivity contribution in [3.8, 4) is 5.75 Å². The van der Waals surface area contributed by atoms with E-state index in [1.165, 1.54) is 21.7 Å². The number of likely N-dealkylation sites (N-methyl/N-ethyl adjacent to an activating group) is 1. The van der Waals surface area contributed by atoms with Gasteiger partial charge in [-0.1, -0.05) is 0 Å². The number of nitrogens with one attached hydrogen (secondary N) is 1. The lowest BCUT2D eigenvalue weighted by molar-refractivity contribution is -0.130. The molecule has 1 heterocycles. The van der Waals surface area contributed by atoms with E-state index in [9.17, 15) is 14.4 Å². The van der Waals surface area contributed by atoms with Crippen LogP contribution in [-0.4, -0.2) is 42.0 Å². The summed E-state index contributed by atoms with van der Waals surface area (Å²) in [6, 6.07) is 9.48. The van der Waals surface area contributed by atoms with Gasteiger partial charge in [-0.3, -0.25) is 14.4 Å². The van der Waals surface area contributed by atoms with Gasteiger partial charge in [0.2, 0.25) is 0 Å². The predicted molar refractivity (Wildman–Crippen MR) is 90.3 cm³/mol. The van der Waals surface area contributed by atoms with E-state index in [4.69, 9.17) is 4.74 Å². The summed E-state index contributed by atoms with van der Waals surface area (Å²) < 4.78 is 6.74. The number of aryl methyl sites for hydroxylation is 1. The van der Waals surface area contributed by atoms with Gasteiger partial charge in [-0.05, 0) is 30.3 Å². The van der Waals surface area contributed by atoms with Gasteiger partial charge in [-0.25, -0.2) is 0 Å². The van der Waals surface area contributed by atoms with Crippen LogP contribution in [0.3, 0.4) is 0 Å². The molecule has 0 aliphatic carbocycles. The number of anilines is 1. The monoisotopic (exact) mass is 329 g/mol. The Morgan fingerprint density at radius 3 is 2.42 bits per heavy atom. The van der Waals surface area contributed by atoms with E-state index in [2.05, 4.69) is 5.32 Å². The van der Waals surface area contributed by atoms with Crippen molar-refractivity contribution in [2.75, 3.05) is 26.0 Å². The minimum atomic E-state index is -0.371. The van der Waals surface area contributed by atoms with Crippen LogP contribution in [0.1, 0.15) is 10.4 Å². The average molecular weight is 329 g/mol. The molecule has 0 saturated carbocycles. The minimum absolute atomic E-state index is 0.0496. The summed E-state index contributed by atoms with van der Waals surface area (Å²) in [6.45, 7) is -0.0496. The molecular formula is C17H19N3O4. The maximum Gasteiger partial charge on any atom is 0.259 e. The average Bonchev–Trinajstić information content (AvgIpc) is 2.56. The van der Waals surface area contributed by atoms with Crippen molar-refractivity contribution in [3.63, 3.8) is 0 Å². The third-order valence-corrected chi connectivity index (χ3v) is 3.34. The highest BCUT2D eigenvalue weighted by Crippen LogP contribution is 2.16. The zero-order valence-corrected chi connectivity index (χ0v) is 13.8. The van der Waals surface area contributed by atoms with E-state index in [-0.39, 0.29) is 29.5 Å². The van der Waals surface area contributed by atoms with Crippen molar-refractivity contribution in [3.05, 3.63) is 58.5 Å². The summed E-state index contributed by atoms with van der Waals surface area (Å²) in [5.74, 6) is 0.0129. The molecule has 2 amide bonds. The molecule has 0 saturated heterocycles. The van der Waals surface area contributed by atoms with Crippen molar-refractivity contribution >= 4 is 17.5 Å². The highest BCUT2D eigenvalue weighted by molar-refractivity contribution is 6.04. The summed E-state index contributed by atoms with van der Waals surface area (Å²) in [4.78, 5) is 36.6. The molecule has 1 N–H and O–H groups in total.